The molecule has 1 N–H and O–H groups in total. The number of aryl methyl sites for hydroxylation is 1. The van der Waals surface area contributed by atoms with E-state index in [0.717, 1.165) is 46.8 Å². The second-order valence-electron chi connectivity index (χ2n) is 6.94. The van der Waals surface area contributed by atoms with Gasteiger partial charge in [0.05, 0.1) is 12.2 Å². The third-order valence-electron chi connectivity index (χ3n) is 4.95. The van der Waals surface area contributed by atoms with Crippen LogP contribution in [0.2, 0.25) is 0 Å². The molecule has 1 aliphatic rings. The van der Waals surface area contributed by atoms with Crippen LogP contribution in [0.3, 0.4) is 0 Å². The number of rotatable bonds is 6. The van der Waals surface area contributed by atoms with Crippen molar-refractivity contribution in [3.05, 3.63) is 76.2 Å². The minimum atomic E-state index is -0.0826. The number of carbonyl (C=O) groups excluding carboxylic acids is 1. The lowest BCUT2D eigenvalue weighted by atomic mass is 9.95. The standard InChI is InChI=1S/C24H24N2O2S/c1-2-28-20-14-8-6-10-17(20)16-25-24-22(19-13-7-9-15-21(19)29-24)23(27)26-18-11-4-3-5-12-18/h3-6,8,10-12,14,16H,2,7,9,13,15H2,1H3,(H,26,27)/b25-16-. The van der Waals surface area contributed by atoms with Crippen LogP contribution in [0.4, 0.5) is 10.7 Å². The van der Waals surface area contributed by atoms with Gasteiger partial charge in [0, 0.05) is 22.3 Å². The second kappa shape index (κ2) is 9.05. The number of hydrogen-bond acceptors (Lipinski definition) is 4. The molecule has 0 radical (unpaired) electrons. The molecular formula is C24H24N2O2S. The third kappa shape index (κ3) is 4.40. The van der Waals surface area contributed by atoms with Gasteiger partial charge in [-0.2, -0.15) is 0 Å². The van der Waals surface area contributed by atoms with Crippen LogP contribution in [-0.2, 0) is 12.8 Å². The fourth-order valence-corrected chi connectivity index (χ4v) is 4.82. The zero-order valence-electron chi connectivity index (χ0n) is 16.5. The molecule has 4 rings (SSSR count). The largest absolute Gasteiger partial charge is 0.493 e. The van der Waals surface area contributed by atoms with Crippen LogP contribution in [0.15, 0.2) is 59.6 Å². The molecule has 0 unspecified atom stereocenters. The Labute approximate surface area is 175 Å². The van der Waals surface area contributed by atoms with Crippen LogP contribution in [-0.4, -0.2) is 18.7 Å². The number of benzene rings is 2. The van der Waals surface area contributed by atoms with Crippen LogP contribution in [0.5, 0.6) is 5.75 Å². The summed E-state index contributed by atoms with van der Waals surface area (Å²) in [5.74, 6) is 0.719. The van der Waals surface area contributed by atoms with E-state index in [2.05, 4.69) is 5.32 Å². The Morgan fingerprint density at radius 1 is 1.10 bits per heavy atom. The number of hydrogen-bond donors (Lipinski definition) is 1. The van der Waals surface area contributed by atoms with Gasteiger partial charge in [-0.15, -0.1) is 11.3 Å². The van der Waals surface area contributed by atoms with E-state index in [-0.39, 0.29) is 5.91 Å². The summed E-state index contributed by atoms with van der Waals surface area (Å²) in [5, 5.41) is 3.81. The molecule has 0 saturated carbocycles. The summed E-state index contributed by atoms with van der Waals surface area (Å²) in [6.07, 6.45) is 6.06. The highest BCUT2D eigenvalue weighted by Gasteiger charge is 2.25. The van der Waals surface area contributed by atoms with Crippen molar-refractivity contribution in [1.29, 1.82) is 0 Å². The smallest absolute Gasteiger partial charge is 0.259 e. The molecule has 0 fully saturated rings. The van der Waals surface area contributed by atoms with Gasteiger partial charge < -0.3 is 10.1 Å². The van der Waals surface area contributed by atoms with Gasteiger partial charge in [0.1, 0.15) is 10.8 Å². The van der Waals surface area contributed by atoms with Gasteiger partial charge in [0.15, 0.2) is 0 Å². The van der Waals surface area contributed by atoms with Crippen LogP contribution < -0.4 is 10.1 Å². The van der Waals surface area contributed by atoms with E-state index in [1.54, 1.807) is 11.3 Å². The number of fused-ring (bicyclic) bond motifs is 1. The molecule has 2 aromatic carbocycles. The van der Waals surface area contributed by atoms with Crippen molar-refractivity contribution < 1.29 is 9.53 Å². The lowest BCUT2D eigenvalue weighted by molar-refractivity contribution is 0.102. The highest BCUT2D eigenvalue weighted by molar-refractivity contribution is 7.16. The first-order chi connectivity index (χ1) is 14.3. The first-order valence-corrected chi connectivity index (χ1v) is 10.8. The van der Waals surface area contributed by atoms with Crippen LogP contribution in [0.25, 0.3) is 0 Å². The molecule has 1 aromatic heterocycles. The summed E-state index contributed by atoms with van der Waals surface area (Å²) in [4.78, 5) is 19.2. The van der Waals surface area contributed by atoms with Crippen molar-refractivity contribution >= 4 is 34.1 Å². The number of aliphatic imine (C=N–C) groups is 1. The number of anilines is 1. The van der Waals surface area contributed by atoms with Crippen molar-refractivity contribution in [3.63, 3.8) is 0 Å². The molecule has 148 valence electrons. The van der Waals surface area contributed by atoms with E-state index in [9.17, 15) is 4.79 Å². The van der Waals surface area contributed by atoms with Crippen LogP contribution in [0.1, 0.15) is 46.1 Å². The number of thiophene rings is 1. The quantitative estimate of drug-likeness (QED) is 0.510. The van der Waals surface area contributed by atoms with Crippen LogP contribution >= 0.6 is 11.3 Å². The monoisotopic (exact) mass is 404 g/mol. The van der Waals surface area contributed by atoms with E-state index >= 15 is 0 Å². The fraction of sp³-hybridized carbons (Fsp3) is 0.250. The summed E-state index contributed by atoms with van der Waals surface area (Å²) in [5.41, 5.74) is 3.60. The van der Waals surface area contributed by atoms with Gasteiger partial charge in [-0.3, -0.25) is 4.79 Å². The highest BCUT2D eigenvalue weighted by atomic mass is 32.1. The molecule has 4 nitrogen and oxygen atoms in total. The lowest BCUT2D eigenvalue weighted by Crippen LogP contribution is -2.14. The van der Waals surface area contributed by atoms with Gasteiger partial charge in [0.2, 0.25) is 0 Å². The summed E-state index contributed by atoms with van der Waals surface area (Å²) < 4.78 is 5.70. The van der Waals surface area contributed by atoms with E-state index in [4.69, 9.17) is 9.73 Å². The SMILES string of the molecule is CCOc1ccccc1/C=N\c1sc2c(c1C(=O)Nc1ccccc1)CCCC2. The summed E-state index contributed by atoms with van der Waals surface area (Å²) >= 11 is 1.64. The van der Waals surface area contributed by atoms with E-state index < -0.39 is 0 Å². The Kier molecular flexibility index (Phi) is 6.06. The average Bonchev–Trinajstić information content (AvgIpc) is 3.12. The predicted octanol–water partition coefficient (Wildman–Crippen LogP) is 6.03. The molecule has 0 spiro atoms. The van der Waals surface area contributed by atoms with Crippen LogP contribution in [0, 0.1) is 0 Å². The Morgan fingerprint density at radius 3 is 2.69 bits per heavy atom. The number of carbonyl (C=O) groups is 1. The summed E-state index contributed by atoms with van der Waals surface area (Å²) in [7, 11) is 0. The first kappa shape index (κ1) is 19.4. The van der Waals surface area contributed by atoms with Gasteiger partial charge in [-0.25, -0.2) is 4.99 Å². The Balaban J connectivity index is 1.68. The minimum Gasteiger partial charge on any atom is -0.493 e. The molecule has 0 aliphatic heterocycles. The predicted molar refractivity (Wildman–Crippen MR) is 120 cm³/mol. The topological polar surface area (TPSA) is 50.7 Å². The van der Waals surface area contributed by atoms with Crippen molar-refractivity contribution in [3.8, 4) is 5.75 Å². The molecule has 1 amide bonds. The Bertz CT molecular complexity index is 1020. The molecule has 0 saturated heterocycles. The minimum absolute atomic E-state index is 0.0826. The van der Waals surface area contributed by atoms with Crippen molar-refractivity contribution in [2.75, 3.05) is 11.9 Å². The lowest BCUT2D eigenvalue weighted by Gasteiger charge is -2.12. The molecule has 0 bridgehead atoms. The molecule has 29 heavy (non-hydrogen) atoms. The zero-order valence-corrected chi connectivity index (χ0v) is 17.3. The van der Waals surface area contributed by atoms with Gasteiger partial charge in [-0.05, 0) is 62.4 Å². The number of amides is 1. The Hall–Kier alpha value is -2.92. The van der Waals surface area contributed by atoms with Crippen molar-refractivity contribution in [2.45, 2.75) is 32.6 Å². The van der Waals surface area contributed by atoms with E-state index in [0.29, 0.717) is 6.61 Å². The van der Waals surface area contributed by atoms with Gasteiger partial charge in [-0.1, -0.05) is 30.3 Å². The van der Waals surface area contributed by atoms with E-state index in [1.807, 2.05) is 67.7 Å². The maximum atomic E-state index is 13.1. The van der Waals surface area contributed by atoms with E-state index in [1.165, 1.54) is 16.9 Å². The maximum absolute atomic E-state index is 13.1. The molecule has 1 aliphatic carbocycles. The fourth-order valence-electron chi connectivity index (χ4n) is 3.59. The molecular weight excluding hydrogens is 380 g/mol. The normalized spacial score (nSPS) is 13.3. The summed E-state index contributed by atoms with van der Waals surface area (Å²) in [6.45, 7) is 2.57. The summed E-state index contributed by atoms with van der Waals surface area (Å²) in [6, 6.07) is 17.4. The number of para-hydroxylation sites is 2. The second-order valence-corrected chi connectivity index (χ2v) is 8.02. The maximum Gasteiger partial charge on any atom is 0.259 e. The zero-order chi connectivity index (χ0) is 20.1. The molecule has 5 heteroatoms. The molecule has 0 atom stereocenters. The number of nitrogens with one attached hydrogen (secondary N) is 1. The van der Waals surface area contributed by atoms with Gasteiger partial charge >= 0.3 is 0 Å². The molecule has 3 aromatic rings. The number of ether oxygens (including phenoxy) is 1. The number of nitrogens with zero attached hydrogens (tertiary/aromatic N) is 1. The highest BCUT2D eigenvalue weighted by Crippen LogP contribution is 2.40. The average molecular weight is 405 g/mol. The third-order valence-corrected chi connectivity index (χ3v) is 6.15. The Morgan fingerprint density at radius 2 is 1.86 bits per heavy atom. The first-order valence-electron chi connectivity index (χ1n) is 10.0. The van der Waals surface area contributed by atoms with Gasteiger partial charge in [0.25, 0.3) is 5.91 Å². The van der Waals surface area contributed by atoms with Crippen molar-refractivity contribution in [1.82, 2.24) is 0 Å². The molecule has 1 heterocycles. The van der Waals surface area contributed by atoms with Crippen molar-refractivity contribution in [2.24, 2.45) is 4.99 Å².